The highest BCUT2D eigenvalue weighted by atomic mass is 35.5. The van der Waals surface area contributed by atoms with Gasteiger partial charge in [-0.25, -0.2) is 4.79 Å². The monoisotopic (exact) mass is 238 g/mol. The first-order chi connectivity index (χ1) is 7.58. The molecule has 0 bridgehead atoms. The third-order valence-electron chi connectivity index (χ3n) is 2.04. The molecule has 0 fully saturated rings. The Morgan fingerprint density at radius 1 is 1.38 bits per heavy atom. The first-order valence-corrected chi connectivity index (χ1v) is 4.73. The number of aromatic hydroxyl groups is 1. The van der Waals surface area contributed by atoms with Crippen LogP contribution >= 0.6 is 11.6 Å². The van der Waals surface area contributed by atoms with E-state index >= 15 is 0 Å². The molecule has 1 aromatic heterocycles. The van der Waals surface area contributed by atoms with Crippen molar-refractivity contribution in [3.63, 3.8) is 0 Å². The molecule has 0 amide bonds. The standard InChI is InChI=1S/C10H7ClN2O3/c11-5-1-2-6(9(14)3-5)7-4-8(10(15)16)13-12-7/h1-4,14H,(H,12,13)(H,15,16). The number of aromatic carboxylic acids is 1. The first-order valence-electron chi connectivity index (χ1n) is 4.35. The van der Waals surface area contributed by atoms with Crippen LogP contribution in [0.2, 0.25) is 5.02 Å². The van der Waals surface area contributed by atoms with Gasteiger partial charge in [0.2, 0.25) is 0 Å². The van der Waals surface area contributed by atoms with Crippen LogP contribution in [-0.2, 0) is 0 Å². The number of carbonyl (C=O) groups is 1. The van der Waals surface area contributed by atoms with Crippen molar-refractivity contribution in [2.45, 2.75) is 0 Å². The Morgan fingerprint density at radius 2 is 2.12 bits per heavy atom. The molecule has 2 rings (SSSR count). The van der Waals surface area contributed by atoms with Crippen molar-refractivity contribution in [2.75, 3.05) is 0 Å². The number of phenols is 1. The molecule has 1 heterocycles. The van der Waals surface area contributed by atoms with Crippen LogP contribution in [-0.4, -0.2) is 26.4 Å². The second-order valence-electron chi connectivity index (χ2n) is 3.13. The van der Waals surface area contributed by atoms with E-state index in [1.807, 2.05) is 0 Å². The van der Waals surface area contributed by atoms with E-state index < -0.39 is 5.97 Å². The number of nitrogens with one attached hydrogen (secondary N) is 1. The summed E-state index contributed by atoms with van der Waals surface area (Å²) in [5.41, 5.74) is 0.740. The lowest BCUT2D eigenvalue weighted by Gasteiger charge is -2.00. The molecule has 5 nitrogen and oxygen atoms in total. The maximum Gasteiger partial charge on any atom is 0.353 e. The van der Waals surface area contributed by atoms with Crippen molar-refractivity contribution in [3.8, 4) is 17.0 Å². The molecule has 0 spiro atoms. The fourth-order valence-corrected chi connectivity index (χ4v) is 1.46. The van der Waals surface area contributed by atoms with Gasteiger partial charge >= 0.3 is 5.97 Å². The van der Waals surface area contributed by atoms with Gasteiger partial charge in [-0.2, -0.15) is 5.10 Å². The van der Waals surface area contributed by atoms with E-state index in [0.717, 1.165) is 0 Å². The van der Waals surface area contributed by atoms with Crippen molar-refractivity contribution in [1.82, 2.24) is 10.2 Å². The number of halogens is 1. The van der Waals surface area contributed by atoms with E-state index in [1.165, 1.54) is 12.1 Å². The maximum atomic E-state index is 10.6. The maximum absolute atomic E-state index is 10.6. The van der Waals surface area contributed by atoms with E-state index in [1.54, 1.807) is 12.1 Å². The number of benzene rings is 1. The fourth-order valence-electron chi connectivity index (χ4n) is 1.29. The normalized spacial score (nSPS) is 10.3. The minimum absolute atomic E-state index is 0.0376. The van der Waals surface area contributed by atoms with Crippen LogP contribution in [0.3, 0.4) is 0 Å². The summed E-state index contributed by atoms with van der Waals surface area (Å²) in [6.07, 6.45) is 0. The number of aromatic nitrogens is 2. The lowest BCUT2D eigenvalue weighted by molar-refractivity contribution is 0.0690. The molecule has 6 heteroatoms. The number of hydrogen-bond acceptors (Lipinski definition) is 3. The average molecular weight is 239 g/mol. The van der Waals surface area contributed by atoms with Crippen LogP contribution in [0.5, 0.6) is 5.75 Å². The summed E-state index contributed by atoms with van der Waals surface area (Å²) in [7, 11) is 0. The lowest BCUT2D eigenvalue weighted by Crippen LogP contribution is -1.95. The van der Waals surface area contributed by atoms with Gasteiger partial charge < -0.3 is 10.2 Å². The van der Waals surface area contributed by atoms with Crippen LogP contribution in [0, 0.1) is 0 Å². The van der Waals surface area contributed by atoms with E-state index in [-0.39, 0.29) is 11.4 Å². The zero-order valence-corrected chi connectivity index (χ0v) is 8.69. The minimum atomic E-state index is -1.10. The molecule has 1 aromatic carbocycles. The summed E-state index contributed by atoms with van der Waals surface area (Å²) in [6, 6.07) is 5.86. The van der Waals surface area contributed by atoms with Crippen molar-refractivity contribution in [1.29, 1.82) is 0 Å². The largest absolute Gasteiger partial charge is 0.507 e. The molecule has 0 atom stereocenters. The Hall–Kier alpha value is -2.01. The molecule has 0 saturated carbocycles. The van der Waals surface area contributed by atoms with Crippen molar-refractivity contribution >= 4 is 17.6 Å². The highest BCUT2D eigenvalue weighted by Crippen LogP contribution is 2.30. The number of H-pyrrole nitrogens is 1. The average Bonchev–Trinajstić information content (AvgIpc) is 2.66. The van der Waals surface area contributed by atoms with Gasteiger partial charge in [0.1, 0.15) is 11.4 Å². The molecule has 0 aliphatic rings. The van der Waals surface area contributed by atoms with Gasteiger partial charge in [0.15, 0.2) is 0 Å². The molecule has 0 aliphatic heterocycles. The Labute approximate surface area is 95.3 Å². The summed E-state index contributed by atoms with van der Waals surface area (Å²) >= 11 is 5.68. The summed E-state index contributed by atoms with van der Waals surface area (Å²) < 4.78 is 0. The first kappa shape index (κ1) is 10.5. The van der Waals surface area contributed by atoms with E-state index in [0.29, 0.717) is 16.3 Å². The number of hydrogen-bond donors (Lipinski definition) is 3. The van der Waals surface area contributed by atoms with Crippen molar-refractivity contribution in [2.24, 2.45) is 0 Å². The topological polar surface area (TPSA) is 86.2 Å². The molecule has 0 unspecified atom stereocenters. The zero-order chi connectivity index (χ0) is 11.7. The molecule has 0 radical (unpaired) electrons. The van der Waals surface area contributed by atoms with Crippen molar-refractivity contribution in [3.05, 3.63) is 35.0 Å². The number of nitrogens with zero attached hydrogens (tertiary/aromatic N) is 1. The Morgan fingerprint density at radius 3 is 2.69 bits per heavy atom. The molecule has 82 valence electrons. The predicted octanol–water partition coefficient (Wildman–Crippen LogP) is 2.13. The van der Waals surface area contributed by atoms with E-state index in [9.17, 15) is 9.90 Å². The predicted molar refractivity (Wildman–Crippen MR) is 57.7 cm³/mol. The van der Waals surface area contributed by atoms with Crippen LogP contribution in [0.1, 0.15) is 10.5 Å². The van der Waals surface area contributed by atoms with Gasteiger partial charge in [-0.15, -0.1) is 0 Å². The van der Waals surface area contributed by atoms with E-state index in [2.05, 4.69) is 10.2 Å². The summed E-state index contributed by atoms with van der Waals surface area (Å²) in [4.78, 5) is 10.6. The number of aromatic amines is 1. The van der Waals surface area contributed by atoms with Crippen LogP contribution < -0.4 is 0 Å². The van der Waals surface area contributed by atoms with Gasteiger partial charge in [-0.3, -0.25) is 5.10 Å². The fraction of sp³-hybridized carbons (Fsp3) is 0. The second-order valence-corrected chi connectivity index (χ2v) is 3.57. The Kier molecular flexibility index (Phi) is 2.54. The van der Waals surface area contributed by atoms with Crippen LogP contribution in [0.4, 0.5) is 0 Å². The van der Waals surface area contributed by atoms with Gasteiger partial charge in [-0.1, -0.05) is 11.6 Å². The highest BCUT2D eigenvalue weighted by molar-refractivity contribution is 6.30. The minimum Gasteiger partial charge on any atom is -0.507 e. The third-order valence-corrected chi connectivity index (χ3v) is 2.28. The zero-order valence-electron chi connectivity index (χ0n) is 7.94. The molecule has 3 N–H and O–H groups in total. The van der Waals surface area contributed by atoms with Gasteiger partial charge in [0.25, 0.3) is 0 Å². The number of carboxylic acids is 1. The lowest BCUT2D eigenvalue weighted by atomic mass is 10.1. The summed E-state index contributed by atoms with van der Waals surface area (Å²) in [6.45, 7) is 0. The summed E-state index contributed by atoms with van der Waals surface area (Å²) in [5, 5.41) is 24.9. The smallest absolute Gasteiger partial charge is 0.353 e. The van der Waals surface area contributed by atoms with Crippen molar-refractivity contribution < 1.29 is 15.0 Å². The quantitative estimate of drug-likeness (QED) is 0.748. The number of phenolic OH excluding ortho intramolecular Hbond substituents is 1. The molecule has 0 saturated heterocycles. The number of carboxylic acid groups (broad SMARTS) is 1. The van der Waals surface area contributed by atoms with Gasteiger partial charge in [0, 0.05) is 10.6 Å². The molecule has 0 aliphatic carbocycles. The van der Waals surface area contributed by atoms with Gasteiger partial charge in [0.05, 0.1) is 5.69 Å². The third kappa shape index (κ3) is 1.85. The molecule has 2 aromatic rings. The van der Waals surface area contributed by atoms with Crippen LogP contribution in [0.15, 0.2) is 24.3 Å². The molecule has 16 heavy (non-hydrogen) atoms. The second kappa shape index (κ2) is 3.86. The van der Waals surface area contributed by atoms with E-state index in [4.69, 9.17) is 16.7 Å². The Bertz CT molecular complexity index is 551. The van der Waals surface area contributed by atoms with Gasteiger partial charge in [-0.05, 0) is 24.3 Å². The summed E-state index contributed by atoms with van der Waals surface area (Å²) in [5.74, 6) is -1.15. The molecular weight excluding hydrogens is 232 g/mol. The SMILES string of the molecule is O=C(O)c1cc(-c2ccc(Cl)cc2O)n[nH]1. The van der Waals surface area contributed by atoms with Crippen LogP contribution in [0.25, 0.3) is 11.3 Å². The Balaban J connectivity index is 2.46. The number of rotatable bonds is 2. The highest BCUT2D eigenvalue weighted by Gasteiger charge is 2.12. The molecular formula is C10H7ClN2O3.